The number of hydrogen-bond donors (Lipinski definition) is 1. The van der Waals surface area contributed by atoms with Crippen molar-refractivity contribution < 1.29 is 4.79 Å². The number of nitrogens with one attached hydrogen (secondary N) is 1. The zero-order valence-electron chi connectivity index (χ0n) is 11.7. The number of amides is 1. The third-order valence-corrected chi connectivity index (χ3v) is 3.94. The fourth-order valence-electron chi connectivity index (χ4n) is 1.83. The lowest BCUT2D eigenvalue weighted by atomic mass is 10.1. The highest BCUT2D eigenvalue weighted by Crippen LogP contribution is 2.27. The molecule has 108 valence electrons. The van der Waals surface area contributed by atoms with Gasteiger partial charge in [-0.2, -0.15) is 10.5 Å². The van der Waals surface area contributed by atoms with Gasteiger partial charge in [0.2, 0.25) is 0 Å². The van der Waals surface area contributed by atoms with Gasteiger partial charge in [-0.1, -0.05) is 18.2 Å². The maximum absolute atomic E-state index is 12.3. The number of carbonyl (C=O) groups is 1. The predicted molar refractivity (Wildman–Crippen MR) is 86.5 cm³/mol. The molecule has 0 aliphatic rings. The molecule has 0 saturated heterocycles. The molecule has 0 atom stereocenters. The van der Waals surface area contributed by atoms with E-state index in [-0.39, 0.29) is 5.91 Å². The van der Waals surface area contributed by atoms with Crippen molar-refractivity contribution >= 4 is 23.4 Å². The molecule has 1 amide bonds. The van der Waals surface area contributed by atoms with E-state index >= 15 is 0 Å². The Morgan fingerprint density at radius 2 is 1.95 bits per heavy atom. The number of rotatable bonds is 5. The maximum atomic E-state index is 12.3. The van der Waals surface area contributed by atoms with Crippen LogP contribution in [0.1, 0.15) is 22.3 Å². The normalized spacial score (nSPS) is 9.55. The van der Waals surface area contributed by atoms with E-state index in [9.17, 15) is 4.79 Å². The summed E-state index contributed by atoms with van der Waals surface area (Å²) in [5.74, 6) is 0.415. The third kappa shape index (κ3) is 4.12. The fourth-order valence-corrected chi connectivity index (χ4v) is 2.69. The maximum Gasteiger partial charge on any atom is 0.255 e. The van der Waals surface area contributed by atoms with Gasteiger partial charge in [-0.15, -0.1) is 11.8 Å². The Labute approximate surface area is 133 Å². The number of thioether (sulfide) groups is 1. The van der Waals surface area contributed by atoms with Gasteiger partial charge in [0.1, 0.15) is 0 Å². The van der Waals surface area contributed by atoms with Crippen LogP contribution in [0, 0.1) is 22.7 Å². The molecule has 0 spiro atoms. The molecule has 2 aromatic rings. The summed E-state index contributed by atoms with van der Waals surface area (Å²) in [6, 6.07) is 18.1. The molecule has 0 fully saturated rings. The number of anilines is 1. The lowest BCUT2D eigenvalue weighted by Gasteiger charge is -2.10. The van der Waals surface area contributed by atoms with Crippen LogP contribution < -0.4 is 5.32 Å². The molecule has 0 bridgehead atoms. The highest BCUT2D eigenvalue weighted by atomic mass is 32.2. The van der Waals surface area contributed by atoms with E-state index < -0.39 is 0 Å². The van der Waals surface area contributed by atoms with Gasteiger partial charge < -0.3 is 5.32 Å². The predicted octanol–water partition coefficient (Wildman–Crippen LogP) is 3.82. The van der Waals surface area contributed by atoms with Gasteiger partial charge in [-0.05, 0) is 30.3 Å². The van der Waals surface area contributed by atoms with Gasteiger partial charge in [-0.3, -0.25) is 4.79 Å². The summed E-state index contributed by atoms with van der Waals surface area (Å²) >= 11 is 1.53. The van der Waals surface area contributed by atoms with Crippen LogP contribution in [-0.4, -0.2) is 11.7 Å². The first kappa shape index (κ1) is 15.6. The first-order valence-electron chi connectivity index (χ1n) is 6.65. The van der Waals surface area contributed by atoms with E-state index in [0.29, 0.717) is 29.0 Å². The van der Waals surface area contributed by atoms with Gasteiger partial charge >= 0.3 is 0 Å². The molecule has 22 heavy (non-hydrogen) atoms. The smallest absolute Gasteiger partial charge is 0.255 e. The van der Waals surface area contributed by atoms with Gasteiger partial charge in [-0.25, -0.2) is 0 Å². The molecule has 0 unspecified atom stereocenters. The summed E-state index contributed by atoms with van der Waals surface area (Å²) in [7, 11) is 0. The van der Waals surface area contributed by atoms with Crippen molar-refractivity contribution in [1.29, 1.82) is 10.5 Å². The van der Waals surface area contributed by atoms with Crippen molar-refractivity contribution in [1.82, 2.24) is 0 Å². The Kier molecular flexibility index (Phi) is 5.59. The molecule has 4 nitrogen and oxygen atoms in total. The highest BCUT2D eigenvalue weighted by molar-refractivity contribution is 7.99. The molecule has 0 heterocycles. The minimum Gasteiger partial charge on any atom is -0.321 e. The Bertz CT molecular complexity index is 759. The van der Waals surface area contributed by atoms with E-state index in [4.69, 9.17) is 10.5 Å². The summed E-state index contributed by atoms with van der Waals surface area (Å²) in [6.07, 6.45) is 0.456. The first-order chi connectivity index (χ1) is 10.7. The van der Waals surface area contributed by atoms with Crippen LogP contribution in [0.2, 0.25) is 0 Å². The average molecular weight is 307 g/mol. The molecular weight excluding hydrogens is 294 g/mol. The van der Waals surface area contributed by atoms with Gasteiger partial charge in [0, 0.05) is 22.6 Å². The summed E-state index contributed by atoms with van der Waals surface area (Å²) < 4.78 is 0. The number of nitriles is 2. The average Bonchev–Trinajstić information content (AvgIpc) is 2.56. The molecule has 2 rings (SSSR count). The zero-order valence-corrected chi connectivity index (χ0v) is 12.6. The first-order valence-corrected chi connectivity index (χ1v) is 7.63. The van der Waals surface area contributed by atoms with Gasteiger partial charge in [0.25, 0.3) is 5.91 Å². The fraction of sp³-hybridized carbons (Fsp3) is 0.118. The monoisotopic (exact) mass is 307 g/mol. The molecule has 5 heteroatoms. The molecule has 0 radical (unpaired) electrons. The quantitative estimate of drug-likeness (QED) is 0.673. The molecule has 1 N–H and O–H groups in total. The number of carbonyl (C=O) groups excluding carboxylic acids is 1. The van der Waals surface area contributed by atoms with Gasteiger partial charge in [0.05, 0.1) is 23.4 Å². The summed E-state index contributed by atoms with van der Waals surface area (Å²) in [6.45, 7) is 0. The second kappa shape index (κ2) is 7.87. The van der Waals surface area contributed by atoms with Crippen LogP contribution in [0.5, 0.6) is 0 Å². The molecule has 0 aliphatic carbocycles. The standard InChI is InChI=1S/C17H13N3OS/c18-9-4-10-22-16-8-2-1-7-15(16)20-17(21)14-6-3-5-13(11-14)12-19/h1-3,5-8,11H,4,10H2,(H,20,21). The molecule has 0 saturated carbocycles. The molecular formula is C17H13N3OS. The van der Waals surface area contributed by atoms with Crippen LogP contribution >= 0.6 is 11.8 Å². The Morgan fingerprint density at radius 1 is 1.14 bits per heavy atom. The van der Waals surface area contributed by atoms with Crippen molar-refractivity contribution in [3.63, 3.8) is 0 Å². The number of para-hydroxylation sites is 1. The van der Waals surface area contributed by atoms with Crippen LogP contribution in [0.25, 0.3) is 0 Å². The molecule has 0 aliphatic heterocycles. The highest BCUT2D eigenvalue weighted by Gasteiger charge is 2.09. The van der Waals surface area contributed by atoms with Crippen molar-refractivity contribution in [2.75, 3.05) is 11.1 Å². The lowest BCUT2D eigenvalue weighted by Crippen LogP contribution is -2.12. The van der Waals surface area contributed by atoms with E-state index in [0.717, 1.165) is 4.90 Å². The minimum absolute atomic E-state index is 0.259. The second-order valence-electron chi connectivity index (χ2n) is 4.40. The Hall–Kier alpha value is -2.76. The Morgan fingerprint density at radius 3 is 2.73 bits per heavy atom. The van der Waals surface area contributed by atoms with Gasteiger partial charge in [0.15, 0.2) is 0 Å². The van der Waals surface area contributed by atoms with Crippen LogP contribution in [0.3, 0.4) is 0 Å². The van der Waals surface area contributed by atoms with Crippen LogP contribution in [0.15, 0.2) is 53.4 Å². The number of nitrogens with zero attached hydrogens (tertiary/aromatic N) is 2. The van der Waals surface area contributed by atoms with E-state index in [1.807, 2.05) is 30.3 Å². The van der Waals surface area contributed by atoms with E-state index in [1.165, 1.54) is 11.8 Å². The second-order valence-corrected chi connectivity index (χ2v) is 5.54. The van der Waals surface area contributed by atoms with Crippen LogP contribution in [0.4, 0.5) is 5.69 Å². The minimum atomic E-state index is -0.259. The van der Waals surface area contributed by atoms with Crippen molar-refractivity contribution in [2.24, 2.45) is 0 Å². The van der Waals surface area contributed by atoms with Crippen LogP contribution in [-0.2, 0) is 0 Å². The topological polar surface area (TPSA) is 76.7 Å². The van der Waals surface area contributed by atoms with Crippen molar-refractivity contribution in [3.8, 4) is 12.1 Å². The van der Waals surface area contributed by atoms with E-state index in [2.05, 4.69) is 11.4 Å². The zero-order chi connectivity index (χ0) is 15.8. The van der Waals surface area contributed by atoms with E-state index in [1.54, 1.807) is 24.3 Å². The third-order valence-electron chi connectivity index (χ3n) is 2.86. The SMILES string of the molecule is N#CCCSc1ccccc1NC(=O)c1cccc(C#N)c1. The largest absolute Gasteiger partial charge is 0.321 e. The summed E-state index contributed by atoms with van der Waals surface area (Å²) in [4.78, 5) is 13.2. The molecule has 0 aromatic heterocycles. The van der Waals surface area contributed by atoms with Crippen molar-refractivity contribution in [3.05, 3.63) is 59.7 Å². The molecule has 2 aromatic carbocycles. The number of hydrogen-bond acceptors (Lipinski definition) is 4. The summed E-state index contributed by atoms with van der Waals surface area (Å²) in [5, 5.41) is 20.3. The number of benzene rings is 2. The Balaban J connectivity index is 2.14. The summed E-state index contributed by atoms with van der Waals surface area (Å²) in [5.41, 5.74) is 1.60. The van der Waals surface area contributed by atoms with Crippen molar-refractivity contribution in [2.45, 2.75) is 11.3 Å². The lowest BCUT2D eigenvalue weighted by molar-refractivity contribution is 0.102.